The lowest BCUT2D eigenvalue weighted by molar-refractivity contribution is -0.870. The lowest BCUT2D eigenvalue weighted by Gasteiger charge is -2.25. The van der Waals surface area contributed by atoms with Crippen molar-refractivity contribution in [3.63, 3.8) is 0 Å². The first kappa shape index (κ1) is 19.8. The number of hydrogen-bond donors (Lipinski definition) is 0. The Morgan fingerprint density at radius 2 is 1.26 bits per heavy atom. The smallest absolute Gasteiger partial charge is 0.137 e. The van der Waals surface area contributed by atoms with Crippen molar-refractivity contribution in [2.45, 2.75) is 20.3 Å². The van der Waals surface area contributed by atoms with Crippen molar-refractivity contribution >= 4 is 0 Å². The molecule has 0 spiro atoms. The van der Waals surface area contributed by atoms with Gasteiger partial charge in [-0.05, 0) is 36.6 Å². The van der Waals surface area contributed by atoms with Crippen molar-refractivity contribution in [3.8, 4) is 11.5 Å². The van der Waals surface area contributed by atoms with E-state index < -0.39 is 0 Å². The van der Waals surface area contributed by atoms with Gasteiger partial charge in [-0.15, -0.1) is 0 Å². The van der Waals surface area contributed by atoms with Crippen LogP contribution in [0, 0.1) is 6.92 Å². The summed E-state index contributed by atoms with van der Waals surface area (Å²) in [4.78, 5) is 0. The lowest BCUT2D eigenvalue weighted by Crippen LogP contribution is -2.38. The average Bonchev–Trinajstić information content (AvgIpc) is 2.38. The number of rotatable bonds is 9. The predicted molar refractivity (Wildman–Crippen MR) is 97.3 cm³/mol. The zero-order valence-corrected chi connectivity index (χ0v) is 16.4. The summed E-state index contributed by atoms with van der Waals surface area (Å²) in [6.45, 7) is 7.69. The van der Waals surface area contributed by atoms with Crippen molar-refractivity contribution in [2.75, 3.05) is 68.6 Å². The van der Waals surface area contributed by atoms with Crippen molar-refractivity contribution in [2.24, 2.45) is 0 Å². The Labute approximate surface area is 142 Å². The zero-order chi connectivity index (χ0) is 17.7. The van der Waals surface area contributed by atoms with E-state index in [0.717, 1.165) is 58.8 Å². The Morgan fingerprint density at radius 1 is 0.783 bits per heavy atom. The molecule has 0 N–H and O–H groups in total. The molecular weight excluding hydrogens is 288 g/mol. The van der Waals surface area contributed by atoms with Gasteiger partial charge in [0, 0.05) is 0 Å². The summed E-state index contributed by atoms with van der Waals surface area (Å²) in [6.07, 6.45) is 0.950. The van der Waals surface area contributed by atoms with Crippen LogP contribution in [0.1, 0.15) is 18.1 Å². The van der Waals surface area contributed by atoms with Crippen LogP contribution in [0.2, 0.25) is 0 Å². The van der Waals surface area contributed by atoms with Crippen molar-refractivity contribution in [3.05, 3.63) is 23.3 Å². The fraction of sp³-hybridized carbons (Fsp3) is 0.684. The van der Waals surface area contributed by atoms with Crippen LogP contribution in [0.3, 0.4) is 0 Å². The highest BCUT2D eigenvalue weighted by Crippen LogP contribution is 2.29. The summed E-state index contributed by atoms with van der Waals surface area (Å²) >= 11 is 0. The Kier molecular flexibility index (Phi) is 6.90. The molecule has 1 aromatic rings. The summed E-state index contributed by atoms with van der Waals surface area (Å²) in [6, 6.07) is 4.27. The van der Waals surface area contributed by atoms with Crippen LogP contribution in [-0.4, -0.2) is 77.6 Å². The second-order valence-corrected chi connectivity index (χ2v) is 8.30. The van der Waals surface area contributed by atoms with Gasteiger partial charge in [0.05, 0.1) is 42.3 Å². The minimum absolute atomic E-state index is 0.731. The molecule has 0 aliphatic heterocycles. The maximum Gasteiger partial charge on any atom is 0.137 e. The molecule has 0 bridgehead atoms. The maximum absolute atomic E-state index is 6.02. The molecule has 0 aromatic heterocycles. The molecule has 0 unspecified atom stereocenters. The highest BCUT2D eigenvalue weighted by molar-refractivity contribution is 5.46. The third-order valence-corrected chi connectivity index (χ3v) is 3.78. The molecule has 1 rings (SSSR count). The van der Waals surface area contributed by atoms with E-state index in [1.165, 1.54) is 5.56 Å². The van der Waals surface area contributed by atoms with Gasteiger partial charge in [-0.25, -0.2) is 0 Å². The molecule has 0 saturated heterocycles. The average molecular weight is 325 g/mol. The number of likely N-dealkylation sites (N-methyl/N-ethyl adjacent to an activating group) is 2. The predicted octanol–water partition coefficient (Wildman–Crippen LogP) is 2.73. The van der Waals surface area contributed by atoms with Gasteiger partial charge < -0.3 is 18.4 Å². The second kappa shape index (κ2) is 8.02. The fourth-order valence-electron chi connectivity index (χ4n) is 2.13. The molecule has 0 atom stereocenters. The van der Waals surface area contributed by atoms with Gasteiger partial charge in [0.1, 0.15) is 37.8 Å². The fourth-order valence-corrected chi connectivity index (χ4v) is 2.13. The first-order valence-corrected chi connectivity index (χ1v) is 8.52. The van der Waals surface area contributed by atoms with Crippen LogP contribution in [0.4, 0.5) is 0 Å². The standard InChI is InChI=1S/C19H36N2O2/c1-9-17-15-18(22-12-10-20(3,4)5)16(2)14-19(17)23-13-11-21(6,7)8/h14-15H,9-13H2,1-8H3/q+2. The molecule has 1 aromatic carbocycles. The minimum atomic E-state index is 0.731. The van der Waals surface area contributed by atoms with E-state index in [1.807, 2.05) is 0 Å². The largest absolute Gasteiger partial charge is 0.487 e. The van der Waals surface area contributed by atoms with E-state index in [0.29, 0.717) is 0 Å². The van der Waals surface area contributed by atoms with E-state index in [4.69, 9.17) is 9.47 Å². The first-order chi connectivity index (χ1) is 10.5. The van der Waals surface area contributed by atoms with Gasteiger partial charge in [-0.3, -0.25) is 0 Å². The van der Waals surface area contributed by atoms with Crippen molar-refractivity contribution in [1.29, 1.82) is 0 Å². The van der Waals surface area contributed by atoms with Crippen molar-refractivity contribution in [1.82, 2.24) is 0 Å². The number of hydrogen-bond acceptors (Lipinski definition) is 2. The number of benzene rings is 1. The molecule has 23 heavy (non-hydrogen) atoms. The molecule has 0 aliphatic carbocycles. The van der Waals surface area contributed by atoms with Crippen molar-refractivity contribution < 1.29 is 18.4 Å². The summed E-state index contributed by atoms with van der Waals surface area (Å²) in [5.74, 6) is 1.98. The summed E-state index contributed by atoms with van der Waals surface area (Å²) in [7, 11) is 13.1. The molecule has 132 valence electrons. The highest BCUT2D eigenvalue weighted by atomic mass is 16.5. The van der Waals surface area contributed by atoms with Gasteiger partial charge in [0.15, 0.2) is 0 Å². The Hall–Kier alpha value is -1.26. The van der Waals surface area contributed by atoms with Gasteiger partial charge >= 0.3 is 0 Å². The monoisotopic (exact) mass is 324 g/mol. The van der Waals surface area contributed by atoms with E-state index in [9.17, 15) is 0 Å². The lowest BCUT2D eigenvalue weighted by atomic mass is 10.1. The molecule has 0 amide bonds. The van der Waals surface area contributed by atoms with E-state index in [2.05, 4.69) is 68.3 Å². The highest BCUT2D eigenvalue weighted by Gasteiger charge is 2.13. The SMILES string of the molecule is CCc1cc(OCC[N+](C)(C)C)c(C)cc1OCC[N+](C)(C)C. The van der Waals surface area contributed by atoms with Crippen LogP contribution >= 0.6 is 0 Å². The summed E-state index contributed by atoms with van der Waals surface area (Å²) in [5.41, 5.74) is 2.36. The topological polar surface area (TPSA) is 18.5 Å². The molecule has 0 aliphatic rings. The molecule has 4 nitrogen and oxygen atoms in total. The maximum atomic E-state index is 6.02. The van der Waals surface area contributed by atoms with Crippen LogP contribution in [0.5, 0.6) is 11.5 Å². The summed E-state index contributed by atoms with van der Waals surface area (Å²) in [5, 5.41) is 0. The zero-order valence-electron chi connectivity index (χ0n) is 16.4. The van der Waals surface area contributed by atoms with Gasteiger partial charge in [-0.1, -0.05) is 6.92 Å². The number of nitrogens with zero attached hydrogens (tertiary/aromatic N) is 2. The normalized spacial score (nSPS) is 12.3. The van der Waals surface area contributed by atoms with Crippen LogP contribution in [-0.2, 0) is 6.42 Å². The number of quaternary nitrogens is 2. The van der Waals surface area contributed by atoms with Crippen LogP contribution in [0.15, 0.2) is 12.1 Å². The van der Waals surface area contributed by atoms with E-state index in [1.54, 1.807) is 0 Å². The summed E-state index contributed by atoms with van der Waals surface area (Å²) < 4.78 is 13.8. The number of ether oxygens (including phenoxy) is 2. The van der Waals surface area contributed by atoms with E-state index >= 15 is 0 Å². The Balaban J connectivity index is 2.74. The number of aryl methyl sites for hydroxylation is 2. The van der Waals surface area contributed by atoms with Gasteiger partial charge in [-0.2, -0.15) is 0 Å². The molecule has 0 heterocycles. The molecule has 0 radical (unpaired) electrons. The van der Waals surface area contributed by atoms with E-state index in [-0.39, 0.29) is 0 Å². The molecule has 0 saturated carbocycles. The minimum Gasteiger partial charge on any atom is -0.487 e. The molecule has 0 fully saturated rings. The molecular formula is C19H36N2O2+2. The first-order valence-electron chi connectivity index (χ1n) is 8.52. The van der Waals surface area contributed by atoms with Crippen LogP contribution < -0.4 is 9.47 Å². The second-order valence-electron chi connectivity index (χ2n) is 8.30. The van der Waals surface area contributed by atoms with Gasteiger partial charge in [0.2, 0.25) is 0 Å². The van der Waals surface area contributed by atoms with Gasteiger partial charge in [0.25, 0.3) is 0 Å². The Bertz CT molecular complexity index is 499. The molecule has 4 heteroatoms. The third-order valence-electron chi connectivity index (χ3n) is 3.78. The Morgan fingerprint density at radius 3 is 1.70 bits per heavy atom. The van der Waals surface area contributed by atoms with Crippen LogP contribution in [0.25, 0.3) is 0 Å². The third kappa shape index (κ3) is 7.71. The quantitative estimate of drug-likeness (QED) is 0.650.